The first kappa shape index (κ1) is 26.4. The van der Waals surface area contributed by atoms with Crippen LogP contribution in [-0.4, -0.2) is 26.6 Å². The molecule has 3 rings (SSSR count). The van der Waals surface area contributed by atoms with E-state index in [2.05, 4.69) is 10.0 Å². The smallest absolute Gasteiger partial charge is 0.262 e. The minimum atomic E-state index is -3.87. The fourth-order valence-electron chi connectivity index (χ4n) is 3.28. The van der Waals surface area contributed by atoms with Gasteiger partial charge >= 0.3 is 0 Å². The lowest BCUT2D eigenvalue weighted by molar-refractivity contribution is 0.0956. The first-order valence-electron chi connectivity index (χ1n) is 10.6. The zero-order valence-electron chi connectivity index (χ0n) is 19.1. The summed E-state index contributed by atoms with van der Waals surface area (Å²) >= 11 is 14.0. The molecular formula is C25H26Cl2N2O3S2. The molecule has 0 atom stereocenters. The van der Waals surface area contributed by atoms with Crippen molar-refractivity contribution in [3.63, 3.8) is 0 Å². The molecule has 0 aliphatic carbocycles. The maximum Gasteiger partial charge on any atom is 0.262 e. The molecule has 0 unspecified atom stereocenters. The highest BCUT2D eigenvalue weighted by Crippen LogP contribution is 2.28. The molecule has 0 fully saturated rings. The molecule has 34 heavy (non-hydrogen) atoms. The summed E-state index contributed by atoms with van der Waals surface area (Å²) in [7, 11) is -3.87. The molecule has 0 heterocycles. The summed E-state index contributed by atoms with van der Waals surface area (Å²) in [4.78, 5) is 12.7. The molecule has 0 spiro atoms. The van der Waals surface area contributed by atoms with Gasteiger partial charge in [-0.1, -0.05) is 47.5 Å². The van der Waals surface area contributed by atoms with Gasteiger partial charge in [0.15, 0.2) is 0 Å². The maximum absolute atomic E-state index is 13.1. The summed E-state index contributed by atoms with van der Waals surface area (Å²) < 4.78 is 28.8. The number of hydrogen-bond donors (Lipinski definition) is 2. The summed E-state index contributed by atoms with van der Waals surface area (Å²) in [6, 6.07) is 15.5. The third-order valence-corrected chi connectivity index (χ3v) is 8.63. The SMILES string of the molecule is Cc1ccc(C(=O)NCCSCc2c(Cl)cccc2Cl)cc1S(=O)(=O)Nc1cccc(C)c1C. The Morgan fingerprint density at radius 2 is 1.62 bits per heavy atom. The highest BCUT2D eigenvalue weighted by Gasteiger charge is 2.20. The topological polar surface area (TPSA) is 75.3 Å². The Hall–Kier alpha value is -2.19. The number of hydrogen-bond acceptors (Lipinski definition) is 4. The molecule has 180 valence electrons. The van der Waals surface area contributed by atoms with Crippen LogP contribution in [-0.2, 0) is 15.8 Å². The van der Waals surface area contributed by atoms with Crippen LogP contribution in [0, 0.1) is 20.8 Å². The minimum Gasteiger partial charge on any atom is -0.351 e. The molecule has 2 N–H and O–H groups in total. The summed E-state index contributed by atoms with van der Waals surface area (Å²) in [5, 5.41) is 4.07. The standard InChI is InChI=1S/C25H26Cl2N2O3S2/c1-16-6-4-9-23(18(16)3)29-34(31,32)24-14-19(11-10-17(24)2)25(30)28-12-13-33-15-20-21(26)7-5-8-22(20)27/h4-11,14,29H,12-13,15H2,1-3H3,(H,28,30). The predicted molar refractivity (Wildman–Crippen MR) is 143 cm³/mol. The van der Waals surface area contributed by atoms with Gasteiger partial charge in [0.25, 0.3) is 15.9 Å². The van der Waals surface area contributed by atoms with Gasteiger partial charge in [0.1, 0.15) is 0 Å². The number of halogens is 2. The average Bonchev–Trinajstić information content (AvgIpc) is 2.78. The van der Waals surface area contributed by atoms with E-state index >= 15 is 0 Å². The molecule has 0 radical (unpaired) electrons. The van der Waals surface area contributed by atoms with Gasteiger partial charge in [0, 0.05) is 33.7 Å². The van der Waals surface area contributed by atoms with Gasteiger partial charge in [0.05, 0.1) is 10.6 Å². The number of amides is 1. The van der Waals surface area contributed by atoms with Gasteiger partial charge in [-0.2, -0.15) is 11.8 Å². The van der Waals surface area contributed by atoms with Crippen LogP contribution >= 0.6 is 35.0 Å². The fraction of sp³-hybridized carbons (Fsp3) is 0.240. The molecule has 0 bridgehead atoms. The molecule has 0 aliphatic rings. The maximum atomic E-state index is 13.1. The van der Waals surface area contributed by atoms with E-state index < -0.39 is 10.0 Å². The van der Waals surface area contributed by atoms with Gasteiger partial charge in [-0.25, -0.2) is 8.42 Å². The van der Waals surface area contributed by atoms with Crippen molar-refractivity contribution >= 4 is 56.6 Å². The van der Waals surface area contributed by atoms with Crippen LogP contribution in [0.15, 0.2) is 59.5 Å². The summed E-state index contributed by atoms with van der Waals surface area (Å²) in [5.74, 6) is 0.948. The van der Waals surface area contributed by atoms with Crippen molar-refractivity contribution in [3.05, 3.63) is 92.5 Å². The normalized spacial score (nSPS) is 11.3. The minimum absolute atomic E-state index is 0.0730. The number of benzene rings is 3. The average molecular weight is 538 g/mol. The molecule has 5 nitrogen and oxygen atoms in total. The van der Waals surface area contributed by atoms with E-state index in [0.29, 0.717) is 39.3 Å². The van der Waals surface area contributed by atoms with Gasteiger partial charge < -0.3 is 5.32 Å². The Morgan fingerprint density at radius 3 is 2.32 bits per heavy atom. The molecule has 0 saturated carbocycles. The monoisotopic (exact) mass is 536 g/mol. The number of sulfonamides is 1. The van der Waals surface area contributed by atoms with Crippen LogP contribution in [0.5, 0.6) is 0 Å². The van der Waals surface area contributed by atoms with E-state index in [1.54, 1.807) is 61.2 Å². The van der Waals surface area contributed by atoms with Crippen LogP contribution in [0.4, 0.5) is 5.69 Å². The second-order valence-corrected chi connectivity index (χ2v) is 11.4. The van der Waals surface area contributed by atoms with E-state index in [-0.39, 0.29) is 16.4 Å². The summed E-state index contributed by atoms with van der Waals surface area (Å²) in [5.41, 5.74) is 4.07. The number of nitrogens with one attached hydrogen (secondary N) is 2. The lowest BCUT2D eigenvalue weighted by Crippen LogP contribution is -2.26. The molecule has 0 aliphatic heterocycles. The zero-order valence-corrected chi connectivity index (χ0v) is 22.3. The molecule has 9 heteroatoms. The summed E-state index contributed by atoms with van der Waals surface area (Å²) in [6.45, 7) is 5.91. The molecule has 1 amide bonds. The molecule has 3 aromatic rings. The van der Waals surface area contributed by atoms with Crippen LogP contribution in [0.3, 0.4) is 0 Å². The van der Waals surface area contributed by atoms with Gasteiger partial charge in [-0.3, -0.25) is 9.52 Å². The third kappa shape index (κ3) is 6.48. The van der Waals surface area contributed by atoms with Crippen LogP contribution < -0.4 is 10.0 Å². The third-order valence-electron chi connectivity index (χ3n) is 5.43. The van der Waals surface area contributed by atoms with E-state index in [4.69, 9.17) is 23.2 Å². The van der Waals surface area contributed by atoms with E-state index in [0.717, 1.165) is 16.7 Å². The van der Waals surface area contributed by atoms with Crippen molar-refractivity contribution in [2.24, 2.45) is 0 Å². The van der Waals surface area contributed by atoms with E-state index in [1.807, 2.05) is 19.9 Å². The Balaban J connectivity index is 1.63. The number of carbonyl (C=O) groups is 1. The quantitative estimate of drug-likeness (QED) is 0.311. The van der Waals surface area contributed by atoms with Crippen molar-refractivity contribution in [1.29, 1.82) is 0 Å². The fourth-order valence-corrected chi connectivity index (χ4v) is 6.27. The first-order chi connectivity index (χ1) is 16.1. The number of aryl methyl sites for hydroxylation is 2. The van der Waals surface area contributed by atoms with Gasteiger partial charge in [-0.15, -0.1) is 0 Å². The molecule has 0 aromatic heterocycles. The lowest BCUT2D eigenvalue weighted by atomic mass is 10.1. The highest BCUT2D eigenvalue weighted by atomic mass is 35.5. The van der Waals surface area contributed by atoms with Crippen molar-refractivity contribution < 1.29 is 13.2 Å². The Labute approximate surface area is 215 Å². The van der Waals surface area contributed by atoms with Gasteiger partial charge in [-0.05, 0) is 73.4 Å². The second-order valence-electron chi connectivity index (χ2n) is 7.84. The number of rotatable bonds is 9. The van der Waals surface area contributed by atoms with Crippen LogP contribution in [0.25, 0.3) is 0 Å². The Bertz CT molecular complexity index is 1290. The van der Waals surface area contributed by atoms with Crippen molar-refractivity contribution in [2.75, 3.05) is 17.0 Å². The van der Waals surface area contributed by atoms with Crippen LogP contribution in [0.2, 0.25) is 10.0 Å². The van der Waals surface area contributed by atoms with Crippen molar-refractivity contribution in [3.8, 4) is 0 Å². The summed E-state index contributed by atoms with van der Waals surface area (Å²) in [6.07, 6.45) is 0. The van der Waals surface area contributed by atoms with E-state index in [9.17, 15) is 13.2 Å². The van der Waals surface area contributed by atoms with Crippen LogP contribution in [0.1, 0.15) is 32.6 Å². The predicted octanol–water partition coefficient (Wildman–Crippen LogP) is 6.38. The Morgan fingerprint density at radius 1 is 0.941 bits per heavy atom. The van der Waals surface area contributed by atoms with E-state index in [1.165, 1.54) is 6.07 Å². The van der Waals surface area contributed by atoms with Gasteiger partial charge in [0.2, 0.25) is 0 Å². The molecule has 3 aromatic carbocycles. The molecule has 0 saturated heterocycles. The second kappa shape index (κ2) is 11.5. The van der Waals surface area contributed by atoms with Crippen molar-refractivity contribution in [2.45, 2.75) is 31.4 Å². The Kier molecular flexibility index (Phi) is 8.93. The van der Waals surface area contributed by atoms with Crippen molar-refractivity contribution in [1.82, 2.24) is 5.32 Å². The lowest BCUT2D eigenvalue weighted by Gasteiger charge is -2.14. The number of thioether (sulfide) groups is 1. The first-order valence-corrected chi connectivity index (χ1v) is 14.0. The molecular weight excluding hydrogens is 511 g/mol. The largest absolute Gasteiger partial charge is 0.351 e. The number of carbonyl (C=O) groups excluding carboxylic acids is 1. The number of anilines is 1. The zero-order chi connectivity index (χ0) is 24.9. The highest BCUT2D eigenvalue weighted by molar-refractivity contribution is 7.98.